The van der Waals surface area contributed by atoms with E-state index >= 15 is 0 Å². The molecular weight excluding hydrogens is 440 g/mol. The average molecular weight is 475 g/mol. The number of fused-ring (bicyclic) bond motifs is 1. The molecule has 3 aromatic rings. The van der Waals surface area contributed by atoms with Crippen molar-refractivity contribution in [3.8, 4) is 0 Å². The molecule has 1 amide bonds. The van der Waals surface area contributed by atoms with Gasteiger partial charge in [0, 0.05) is 38.6 Å². The number of carbonyl (C=O) groups is 1. The number of ether oxygens (including phenoxy) is 1. The summed E-state index contributed by atoms with van der Waals surface area (Å²) < 4.78 is 6.28. The van der Waals surface area contributed by atoms with Gasteiger partial charge in [0.05, 0.1) is 12.7 Å². The monoisotopic (exact) mass is 474 g/mol. The molecule has 0 spiro atoms. The number of rotatable bonds is 10. The van der Waals surface area contributed by atoms with Gasteiger partial charge in [0.1, 0.15) is 11.4 Å². The molecule has 2 heterocycles. The lowest BCUT2D eigenvalue weighted by atomic mass is 10.1. The topological polar surface area (TPSA) is 82.6 Å². The molecule has 0 fully saturated rings. The molecule has 1 aliphatic heterocycles. The minimum absolute atomic E-state index is 0.0228. The number of nitrogens with zero attached hydrogens (tertiary/aromatic N) is 4. The first-order chi connectivity index (χ1) is 17.1. The van der Waals surface area contributed by atoms with Crippen LogP contribution in [0.2, 0.25) is 0 Å². The first kappa shape index (κ1) is 24.6. The van der Waals surface area contributed by atoms with Gasteiger partial charge in [-0.15, -0.1) is 0 Å². The Morgan fingerprint density at radius 1 is 1.09 bits per heavy atom. The van der Waals surface area contributed by atoms with E-state index in [2.05, 4.69) is 32.7 Å². The van der Waals surface area contributed by atoms with Crippen molar-refractivity contribution in [1.29, 1.82) is 0 Å². The minimum Gasteiger partial charge on any atom is -0.369 e. The van der Waals surface area contributed by atoms with Crippen LogP contribution in [0.3, 0.4) is 0 Å². The number of aromatic nitrogens is 2. The van der Waals surface area contributed by atoms with Gasteiger partial charge in [-0.05, 0) is 50.2 Å². The predicted octanol–water partition coefficient (Wildman–Crippen LogP) is 3.87. The van der Waals surface area contributed by atoms with Crippen molar-refractivity contribution >= 4 is 23.4 Å². The number of amides is 1. The zero-order valence-electron chi connectivity index (χ0n) is 20.7. The highest BCUT2D eigenvalue weighted by Crippen LogP contribution is 2.27. The fourth-order valence-corrected chi connectivity index (χ4v) is 4.17. The van der Waals surface area contributed by atoms with Crippen LogP contribution in [-0.4, -0.2) is 56.1 Å². The van der Waals surface area contributed by atoms with E-state index in [1.807, 2.05) is 68.4 Å². The van der Waals surface area contributed by atoms with Crippen LogP contribution in [0.4, 0.5) is 17.5 Å². The van der Waals surface area contributed by atoms with E-state index in [0.717, 1.165) is 30.8 Å². The highest BCUT2D eigenvalue weighted by molar-refractivity contribution is 6.09. The molecule has 0 saturated carbocycles. The zero-order valence-corrected chi connectivity index (χ0v) is 20.7. The third-order valence-electron chi connectivity index (χ3n) is 6.13. The fraction of sp³-hybridized carbons (Fsp3) is 0.370. The second kappa shape index (κ2) is 11.8. The Kier molecular flexibility index (Phi) is 8.28. The van der Waals surface area contributed by atoms with Crippen LogP contribution in [0.5, 0.6) is 0 Å². The highest BCUT2D eigenvalue weighted by atomic mass is 16.5. The summed E-state index contributed by atoms with van der Waals surface area (Å²) in [6.07, 6.45) is 2.54. The number of carbonyl (C=O) groups excluding carboxylic acids is 1. The molecule has 2 N–H and O–H groups in total. The van der Waals surface area contributed by atoms with Crippen LogP contribution in [0, 0.1) is 0 Å². The Morgan fingerprint density at radius 2 is 1.86 bits per heavy atom. The van der Waals surface area contributed by atoms with Crippen LogP contribution in [-0.2, 0) is 11.3 Å². The fourth-order valence-electron chi connectivity index (χ4n) is 4.17. The maximum atomic E-state index is 13.4. The normalized spacial score (nSPS) is 14.4. The van der Waals surface area contributed by atoms with E-state index in [0.29, 0.717) is 37.0 Å². The third kappa shape index (κ3) is 5.96. The van der Waals surface area contributed by atoms with Gasteiger partial charge in [-0.25, -0.2) is 4.98 Å². The molecule has 8 nitrogen and oxygen atoms in total. The molecule has 0 saturated heterocycles. The molecule has 4 rings (SSSR count). The summed E-state index contributed by atoms with van der Waals surface area (Å²) in [5.41, 5.74) is 3.61. The molecule has 1 aromatic heterocycles. The first-order valence-electron chi connectivity index (χ1n) is 12.1. The maximum Gasteiger partial charge on any atom is 0.263 e. The van der Waals surface area contributed by atoms with Crippen LogP contribution in [0.15, 0.2) is 60.8 Å². The highest BCUT2D eigenvalue weighted by Gasteiger charge is 2.28. The smallest absolute Gasteiger partial charge is 0.263 e. The zero-order chi connectivity index (χ0) is 24.6. The number of anilines is 3. The second-order valence-corrected chi connectivity index (χ2v) is 8.61. The molecule has 1 unspecified atom stereocenters. The summed E-state index contributed by atoms with van der Waals surface area (Å²) in [6.45, 7) is 5.34. The van der Waals surface area contributed by atoms with Gasteiger partial charge in [-0.3, -0.25) is 4.79 Å². The van der Waals surface area contributed by atoms with Crippen LogP contribution in [0.1, 0.15) is 40.9 Å². The molecule has 2 aromatic carbocycles. The summed E-state index contributed by atoms with van der Waals surface area (Å²) in [7, 11) is 3.91. The van der Waals surface area contributed by atoms with Crippen LogP contribution in [0.25, 0.3) is 0 Å². The Morgan fingerprint density at radius 3 is 2.57 bits per heavy atom. The average Bonchev–Trinajstić information content (AvgIpc) is 3.01. The van der Waals surface area contributed by atoms with Gasteiger partial charge < -0.3 is 25.2 Å². The lowest BCUT2D eigenvalue weighted by molar-refractivity contribution is 0.0344. The molecule has 184 valence electrons. The van der Waals surface area contributed by atoms with Gasteiger partial charge in [-0.1, -0.05) is 42.5 Å². The minimum atomic E-state index is -0.0902. The van der Waals surface area contributed by atoms with Crippen LogP contribution >= 0.6 is 0 Å². The molecule has 0 bridgehead atoms. The van der Waals surface area contributed by atoms with Crippen molar-refractivity contribution in [3.63, 3.8) is 0 Å². The van der Waals surface area contributed by atoms with Crippen LogP contribution < -0.4 is 20.4 Å². The molecular formula is C27H34N6O2. The van der Waals surface area contributed by atoms with Gasteiger partial charge in [0.15, 0.2) is 0 Å². The molecule has 1 atom stereocenters. The Balaban J connectivity index is 1.46. The van der Waals surface area contributed by atoms with Crippen molar-refractivity contribution < 1.29 is 9.53 Å². The van der Waals surface area contributed by atoms with Gasteiger partial charge in [0.2, 0.25) is 5.95 Å². The van der Waals surface area contributed by atoms with Crippen molar-refractivity contribution in [2.24, 2.45) is 0 Å². The van der Waals surface area contributed by atoms with Gasteiger partial charge in [-0.2, -0.15) is 4.98 Å². The van der Waals surface area contributed by atoms with Gasteiger partial charge in [0.25, 0.3) is 5.91 Å². The number of hydrogen-bond donors (Lipinski definition) is 2. The molecule has 0 radical (unpaired) electrons. The van der Waals surface area contributed by atoms with Crippen molar-refractivity contribution in [2.45, 2.75) is 26.1 Å². The number of hydrogen-bond acceptors (Lipinski definition) is 7. The first-order valence-corrected chi connectivity index (χ1v) is 12.1. The summed E-state index contributed by atoms with van der Waals surface area (Å²) >= 11 is 0. The largest absolute Gasteiger partial charge is 0.369 e. The lowest BCUT2D eigenvalue weighted by Crippen LogP contribution is -2.33. The standard InChI is InChI=1S/C27H34N6O2/c1-4-29-27-30-18-23-25(31-27)32(3)16-17-33(26(23)34)22-12-10-20(11-13-22)19-35-24(14-15-28-2)21-8-6-5-7-9-21/h5-13,18,24,28H,4,14-17,19H2,1-3H3,(H,29,30,31). The van der Waals surface area contributed by atoms with E-state index in [1.165, 1.54) is 5.56 Å². The molecule has 35 heavy (non-hydrogen) atoms. The summed E-state index contributed by atoms with van der Waals surface area (Å²) in [5, 5.41) is 6.32. The maximum absolute atomic E-state index is 13.4. The number of nitrogens with one attached hydrogen (secondary N) is 2. The number of likely N-dealkylation sites (N-methyl/N-ethyl adjacent to an activating group) is 1. The van der Waals surface area contributed by atoms with Crippen molar-refractivity contribution in [2.75, 3.05) is 55.4 Å². The summed E-state index contributed by atoms with van der Waals surface area (Å²) in [4.78, 5) is 26.1. The van der Waals surface area contributed by atoms with E-state index in [1.54, 1.807) is 11.1 Å². The van der Waals surface area contributed by atoms with E-state index in [4.69, 9.17) is 4.74 Å². The Hall–Kier alpha value is -3.49. The van der Waals surface area contributed by atoms with Crippen molar-refractivity contribution in [1.82, 2.24) is 15.3 Å². The third-order valence-corrected chi connectivity index (χ3v) is 6.13. The van der Waals surface area contributed by atoms with Gasteiger partial charge >= 0.3 is 0 Å². The van der Waals surface area contributed by atoms with E-state index in [-0.39, 0.29) is 12.0 Å². The summed E-state index contributed by atoms with van der Waals surface area (Å²) in [5.74, 6) is 1.10. The van der Waals surface area contributed by atoms with E-state index in [9.17, 15) is 4.79 Å². The number of benzene rings is 2. The van der Waals surface area contributed by atoms with Crippen molar-refractivity contribution in [3.05, 3.63) is 77.5 Å². The Bertz CT molecular complexity index is 1110. The molecule has 1 aliphatic rings. The van der Waals surface area contributed by atoms with E-state index < -0.39 is 0 Å². The lowest BCUT2D eigenvalue weighted by Gasteiger charge is -2.22. The second-order valence-electron chi connectivity index (χ2n) is 8.61. The molecule has 8 heteroatoms. The SMILES string of the molecule is CCNc1ncc2c(n1)N(C)CCN(c1ccc(COC(CCNC)c3ccccc3)cc1)C2=O. The predicted molar refractivity (Wildman–Crippen MR) is 140 cm³/mol. The molecule has 0 aliphatic carbocycles. The quantitative estimate of drug-likeness (QED) is 0.462. The summed E-state index contributed by atoms with van der Waals surface area (Å²) in [6, 6.07) is 18.3. The Labute approximate surface area is 207 Å².